The van der Waals surface area contributed by atoms with Gasteiger partial charge in [-0.3, -0.25) is 0 Å². The standard InChI is InChI=1S/C24H27NO3/c26-19-10-9-18-14-22-20-8-4-5-11-24(20,21(18)15-19)12-13-25(22)23(27)28-16-17-6-2-1-3-7-17/h1-3,6-7,9-10,15,20,22,26H,4-5,8,11-14,16H2/t20?,22-,24-/m0/s1. The van der Waals surface area contributed by atoms with Crippen molar-refractivity contribution in [3.8, 4) is 5.75 Å². The number of hydrogen-bond donors (Lipinski definition) is 1. The molecule has 28 heavy (non-hydrogen) atoms. The summed E-state index contributed by atoms with van der Waals surface area (Å²) in [6, 6.07) is 15.9. The molecule has 1 heterocycles. The van der Waals surface area contributed by atoms with Gasteiger partial charge in [-0.25, -0.2) is 4.79 Å². The number of phenols is 1. The Hall–Kier alpha value is -2.49. The fraction of sp³-hybridized carbons (Fsp3) is 0.458. The van der Waals surface area contributed by atoms with Crippen molar-refractivity contribution in [2.45, 2.75) is 56.6 Å². The Morgan fingerprint density at radius 3 is 2.86 bits per heavy atom. The third kappa shape index (κ3) is 2.78. The number of carbonyl (C=O) groups excluding carboxylic acids is 1. The highest BCUT2D eigenvalue weighted by Crippen LogP contribution is 2.56. The van der Waals surface area contributed by atoms with Crippen molar-refractivity contribution in [2.24, 2.45) is 5.92 Å². The summed E-state index contributed by atoms with van der Waals surface area (Å²) in [4.78, 5) is 15.0. The van der Waals surface area contributed by atoms with Crippen LogP contribution in [0.25, 0.3) is 0 Å². The van der Waals surface area contributed by atoms with Crippen LogP contribution in [-0.2, 0) is 23.2 Å². The number of phenolic OH excluding ortho intramolecular Hbond substituents is 1. The molecule has 4 heteroatoms. The topological polar surface area (TPSA) is 49.8 Å². The summed E-state index contributed by atoms with van der Waals surface area (Å²) < 4.78 is 5.69. The van der Waals surface area contributed by atoms with Crippen molar-refractivity contribution in [3.05, 3.63) is 65.2 Å². The molecule has 1 N–H and O–H groups in total. The van der Waals surface area contributed by atoms with Gasteiger partial charge in [0.1, 0.15) is 12.4 Å². The Morgan fingerprint density at radius 2 is 2.00 bits per heavy atom. The van der Waals surface area contributed by atoms with E-state index in [0.29, 0.717) is 18.3 Å². The van der Waals surface area contributed by atoms with Gasteiger partial charge in [0.05, 0.1) is 0 Å². The van der Waals surface area contributed by atoms with E-state index in [1.807, 2.05) is 41.3 Å². The van der Waals surface area contributed by atoms with Gasteiger partial charge in [0.2, 0.25) is 0 Å². The van der Waals surface area contributed by atoms with Gasteiger partial charge in [0.25, 0.3) is 0 Å². The van der Waals surface area contributed by atoms with Gasteiger partial charge in [-0.1, -0.05) is 49.2 Å². The van der Waals surface area contributed by atoms with Gasteiger partial charge >= 0.3 is 6.09 Å². The second kappa shape index (κ2) is 6.84. The number of aromatic hydroxyl groups is 1. The zero-order valence-corrected chi connectivity index (χ0v) is 16.1. The molecule has 4 nitrogen and oxygen atoms in total. The molecule has 0 radical (unpaired) electrons. The van der Waals surface area contributed by atoms with Crippen LogP contribution < -0.4 is 0 Å². The molecule has 1 aliphatic heterocycles. The molecule has 5 rings (SSSR count). The molecule has 0 spiro atoms. The van der Waals surface area contributed by atoms with Crippen LogP contribution in [0.1, 0.15) is 48.8 Å². The number of carbonyl (C=O) groups is 1. The molecular weight excluding hydrogens is 350 g/mol. The maximum atomic E-state index is 13.0. The number of ether oxygens (including phenoxy) is 1. The van der Waals surface area contributed by atoms with Gasteiger partial charge in [0, 0.05) is 18.0 Å². The first-order valence-corrected chi connectivity index (χ1v) is 10.5. The van der Waals surface area contributed by atoms with Crippen molar-refractivity contribution in [3.63, 3.8) is 0 Å². The number of amides is 1. The second-order valence-electron chi connectivity index (χ2n) is 8.60. The molecule has 2 aromatic rings. The molecule has 1 saturated carbocycles. The molecule has 0 aromatic heterocycles. The van der Waals surface area contributed by atoms with Crippen LogP contribution in [0.2, 0.25) is 0 Å². The quantitative estimate of drug-likeness (QED) is 0.819. The van der Waals surface area contributed by atoms with Crippen LogP contribution in [0.3, 0.4) is 0 Å². The summed E-state index contributed by atoms with van der Waals surface area (Å²) in [6.45, 7) is 1.06. The lowest BCUT2D eigenvalue weighted by molar-refractivity contribution is -0.0137. The number of benzene rings is 2. The maximum Gasteiger partial charge on any atom is 0.410 e. The molecule has 146 valence electrons. The Bertz CT molecular complexity index is 881. The van der Waals surface area contributed by atoms with Crippen LogP contribution in [0, 0.1) is 5.92 Å². The molecule has 2 bridgehead atoms. The van der Waals surface area contributed by atoms with Crippen molar-refractivity contribution >= 4 is 6.09 Å². The summed E-state index contributed by atoms with van der Waals surface area (Å²) in [7, 11) is 0. The highest BCUT2D eigenvalue weighted by atomic mass is 16.6. The smallest absolute Gasteiger partial charge is 0.410 e. The third-order valence-corrected chi connectivity index (χ3v) is 7.26. The molecule has 2 aromatic carbocycles. The molecule has 3 aliphatic rings. The predicted octanol–water partition coefficient (Wildman–Crippen LogP) is 4.79. The number of hydrogen-bond acceptors (Lipinski definition) is 3. The zero-order chi connectivity index (χ0) is 19.1. The number of nitrogens with zero attached hydrogens (tertiary/aromatic N) is 1. The number of rotatable bonds is 2. The van der Waals surface area contributed by atoms with Gasteiger partial charge in [-0.15, -0.1) is 0 Å². The summed E-state index contributed by atoms with van der Waals surface area (Å²) in [5.41, 5.74) is 3.77. The molecule has 1 unspecified atom stereocenters. The second-order valence-corrected chi connectivity index (χ2v) is 8.60. The largest absolute Gasteiger partial charge is 0.508 e. The van der Waals surface area contributed by atoms with Crippen LogP contribution in [0.5, 0.6) is 5.75 Å². The van der Waals surface area contributed by atoms with E-state index in [9.17, 15) is 9.90 Å². The van der Waals surface area contributed by atoms with Crippen molar-refractivity contribution in [1.29, 1.82) is 0 Å². The van der Waals surface area contributed by atoms with E-state index in [2.05, 4.69) is 6.07 Å². The number of piperidine rings is 1. The lowest BCUT2D eigenvalue weighted by Gasteiger charge is -2.58. The monoisotopic (exact) mass is 377 g/mol. The Morgan fingerprint density at radius 1 is 1.14 bits per heavy atom. The Labute approximate surface area is 166 Å². The highest BCUT2D eigenvalue weighted by Gasteiger charge is 2.55. The number of fused-ring (bicyclic) bond motifs is 1. The summed E-state index contributed by atoms with van der Waals surface area (Å²) >= 11 is 0. The first-order chi connectivity index (χ1) is 13.7. The summed E-state index contributed by atoms with van der Waals surface area (Å²) in [5.74, 6) is 0.828. The lowest BCUT2D eigenvalue weighted by atomic mass is 9.52. The van der Waals surface area contributed by atoms with E-state index in [1.165, 1.54) is 24.0 Å². The van der Waals surface area contributed by atoms with E-state index in [1.54, 1.807) is 6.07 Å². The van der Waals surface area contributed by atoms with E-state index in [-0.39, 0.29) is 17.6 Å². The van der Waals surface area contributed by atoms with Gasteiger partial charge in [0.15, 0.2) is 0 Å². The van der Waals surface area contributed by atoms with Gasteiger partial charge in [-0.05, 0) is 60.4 Å². The van der Waals surface area contributed by atoms with Crippen LogP contribution in [-0.4, -0.2) is 28.7 Å². The fourth-order valence-electron chi connectivity index (χ4n) is 6.02. The molecular formula is C24H27NO3. The minimum Gasteiger partial charge on any atom is -0.508 e. The minimum atomic E-state index is -0.185. The minimum absolute atomic E-state index is 0.117. The van der Waals surface area contributed by atoms with Crippen molar-refractivity contribution in [2.75, 3.05) is 6.54 Å². The predicted molar refractivity (Wildman–Crippen MR) is 107 cm³/mol. The van der Waals surface area contributed by atoms with Gasteiger partial charge in [-0.2, -0.15) is 0 Å². The van der Waals surface area contributed by atoms with Crippen LogP contribution in [0.4, 0.5) is 4.79 Å². The third-order valence-electron chi connectivity index (χ3n) is 7.26. The van der Waals surface area contributed by atoms with Gasteiger partial charge < -0.3 is 14.7 Å². The Balaban J connectivity index is 1.42. The highest BCUT2D eigenvalue weighted by molar-refractivity contribution is 5.69. The molecule has 1 amide bonds. The average molecular weight is 377 g/mol. The van der Waals surface area contributed by atoms with E-state index in [4.69, 9.17) is 4.74 Å². The summed E-state index contributed by atoms with van der Waals surface area (Å²) in [5, 5.41) is 10.1. The molecule has 3 atom stereocenters. The number of likely N-dealkylation sites (tertiary alicyclic amines) is 1. The zero-order valence-electron chi connectivity index (χ0n) is 16.1. The Kier molecular flexibility index (Phi) is 4.30. The van der Waals surface area contributed by atoms with Crippen LogP contribution in [0.15, 0.2) is 48.5 Å². The SMILES string of the molecule is O=C(OCc1ccccc1)N1CC[C@@]23CCCCC2[C@@H]1Cc1ccc(O)cc13. The molecule has 2 fully saturated rings. The van der Waals surface area contributed by atoms with E-state index in [0.717, 1.165) is 37.8 Å². The lowest BCUT2D eigenvalue weighted by Crippen LogP contribution is -2.62. The first-order valence-electron chi connectivity index (χ1n) is 10.5. The van der Waals surface area contributed by atoms with E-state index >= 15 is 0 Å². The summed E-state index contributed by atoms with van der Waals surface area (Å²) in [6.07, 6.45) is 6.42. The van der Waals surface area contributed by atoms with E-state index < -0.39 is 0 Å². The fourth-order valence-corrected chi connectivity index (χ4v) is 6.02. The molecule has 1 saturated heterocycles. The van der Waals surface area contributed by atoms with Crippen molar-refractivity contribution < 1.29 is 14.6 Å². The molecule has 2 aliphatic carbocycles. The van der Waals surface area contributed by atoms with Crippen molar-refractivity contribution in [1.82, 2.24) is 4.90 Å². The maximum absolute atomic E-state index is 13.0. The normalized spacial score (nSPS) is 28.2. The van der Waals surface area contributed by atoms with Crippen LogP contribution >= 0.6 is 0 Å². The average Bonchev–Trinajstić information content (AvgIpc) is 2.73. The first kappa shape index (κ1) is 17.6.